The molecule has 0 fully saturated rings. The van der Waals surface area contributed by atoms with Gasteiger partial charge in [-0.25, -0.2) is 0 Å². The van der Waals surface area contributed by atoms with Gasteiger partial charge in [-0.1, -0.05) is 84.9 Å². The lowest BCUT2D eigenvalue weighted by Gasteiger charge is -2.21. The van der Waals surface area contributed by atoms with Gasteiger partial charge in [-0.2, -0.15) is 0 Å². The van der Waals surface area contributed by atoms with Crippen molar-refractivity contribution in [2.45, 2.75) is 25.8 Å². The highest BCUT2D eigenvalue weighted by Gasteiger charge is 2.18. The summed E-state index contributed by atoms with van der Waals surface area (Å²) < 4.78 is 0. The van der Waals surface area contributed by atoms with Crippen LogP contribution in [0.5, 0.6) is 0 Å². The van der Waals surface area contributed by atoms with Crippen LogP contribution in [-0.2, 0) is 11.2 Å². The van der Waals surface area contributed by atoms with Gasteiger partial charge in [-0.05, 0) is 35.6 Å². The molecule has 1 amide bonds. The summed E-state index contributed by atoms with van der Waals surface area (Å²) in [5, 5.41) is 3.22. The summed E-state index contributed by atoms with van der Waals surface area (Å²) in [6.07, 6.45) is 1.24. The van der Waals surface area contributed by atoms with Gasteiger partial charge in [0.25, 0.3) is 0 Å². The lowest BCUT2D eigenvalue weighted by Crippen LogP contribution is -2.30. The third-order valence-corrected chi connectivity index (χ3v) is 4.42. The zero-order valence-corrected chi connectivity index (χ0v) is 14.5. The number of amides is 1. The average molecular weight is 329 g/mol. The summed E-state index contributed by atoms with van der Waals surface area (Å²) in [6, 6.07) is 28.4. The molecule has 0 bridgehead atoms. The SMILES string of the molecule is Cc1ccccc1[C@@H](NC(=O)CCc1ccccc1)c1ccccc1. The van der Waals surface area contributed by atoms with Gasteiger partial charge in [0, 0.05) is 6.42 Å². The Hall–Kier alpha value is -2.87. The van der Waals surface area contributed by atoms with Gasteiger partial charge in [-0.3, -0.25) is 4.79 Å². The van der Waals surface area contributed by atoms with Gasteiger partial charge < -0.3 is 5.32 Å². The fourth-order valence-electron chi connectivity index (χ4n) is 3.03. The van der Waals surface area contributed by atoms with Crippen LogP contribution in [0.25, 0.3) is 0 Å². The van der Waals surface area contributed by atoms with Crippen molar-refractivity contribution in [2.24, 2.45) is 0 Å². The highest BCUT2D eigenvalue weighted by Crippen LogP contribution is 2.25. The molecule has 0 unspecified atom stereocenters. The van der Waals surface area contributed by atoms with E-state index in [0.29, 0.717) is 6.42 Å². The van der Waals surface area contributed by atoms with E-state index in [4.69, 9.17) is 0 Å². The van der Waals surface area contributed by atoms with Crippen molar-refractivity contribution in [3.05, 3.63) is 107 Å². The van der Waals surface area contributed by atoms with Crippen LogP contribution < -0.4 is 5.32 Å². The maximum Gasteiger partial charge on any atom is 0.221 e. The monoisotopic (exact) mass is 329 g/mol. The van der Waals surface area contributed by atoms with Crippen molar-refractivity contribution in [3.8, 4) is 0 Å². The highest BCUT2D eigenvalue weighted by molar-refractivity contribution is 5.77. The minimum atomic E-state index is -0.120. The van der Waals surface area contributed by atoms with E-state index >= 15 is 0 Å². The molecule has 3 aromatic rings. The number of hydrogen-bond donors (Lipinski definition) is 1. The quantitative estimate of drug-likeness (QED) is 0.689. The predicted octanol–water partition coefficient (Wildman–Crippen LogP) is 4.83. The van der Waals surface area contributed by atoms with E-state index in [-0.39, 0.29) is 11.9 Å². The molecule has 3 rings (SSSR count). The first kappa shape index (κ1) is 17.0. The van der Waals surface area contributed by atoms with E-state index in [1.54, 1.807) is 0 Å². The molecule has 0 aliphatic heterocycles. The number of carbonyl (C=O) groups is 1. The normalized spacial score (nSPS) is 11.7. The molecule has 1 atom stereocenters. The van der Waals surface area contributed by atoms with Crippen molar-refractivity contribution in [3.63, 3.8) is 0 Å². The van der Waals surface area contributed by atoms with Gasteiger partial charge in [0.2, 0.25) is 5.91 Å². The Bertz CT molecular complexity index is 812. The maximum atomic E-state index is 12.6. The van der Waals surface area contributed by atoms with E-state index in [0.717, 1.165) is 17.5 Å². The molecular weight excluding hydrogens is 306 g/mol. The van der Waals surface area contributed by atoms with Crippen LogP contribution in [0.3, 0.4) is 0 Å². The molecule has 126 valence electrons. The van der Waals surface area contributed by atoms with Crippen molar-refractivity contribution < 1.29 is 4.79 Å². The Morgan fingerprint density at radius 3 is 2.12 bits per heavy atom. The molecule has 0 heterocycles. The third kappa shape index (κ3) is 4.57. The zero-order chi connectivity index (χ0) is 17.5. The molecule has 0 aromatic heterocycles. The van der Waals surface area contributed by atoms with Gasteiger partial charge in [-0.15, -0.1) is 0 Å². The minimum absolute atomic E-state index is 0.0703. The third-order valence-electron chi connectivity index (χ3n) is 4.42. The van der Waals surface area contributed by atoms with Crippen molar-refractivity contribution in [2.75, 3.05) is 0 Å². The second-order valence-corrected chi connectivity index (χ2v) is 6.25. The van der Waals surface area contributed by atoms with Gasteiger partial charge in [0.05, 0.1) is 6.04 Å². The average Bonchev–Trinajstić information content (AvgIpc) is 2.67. The zero-order valence-electron chi connectivity index (χ0n) is 14.5. The van der Waals surface area contributed by atoms with E-state index < -0.39 is 0 Å². The molecule has 0 aliphatic carbocycles. The molecule has 0 spiro atoms. The number of aryl methyl sites for hydroxylation is 2. The predicted molar refractivity (Wildman–Crippen MR) is 102 cm³/mol. The molecule has 0 radical (unpaired) electrons. The lowest BCUT2D eigenvalue weighted by atomic mass is 9.94. The number of hydrogen-bond acceptors (Lipinski definition) is 1. The smallest absolute Gasteiger partial charge is 0.221 e. The van der Waals surface area contributed by atoms with Crippen molar-refractivity contribution in [1.29, 1.82) is 0 Å². The standard InChI is InChI=1S/C23H23NO/c1-18-10-8-9-15-21(18)23(20-13-6-3-7-14-20)24-22(25)17-16-19-11-4-2-5-12-19/h2-15,23H,16-17H2,1H3,(H,24,25)/t23-/m0/s1. The van der Waals surface area contributed by atoms with Crippen LogP contribution in [0, 0.1) is 6.92 Å². The first-order valence-corrected chi connectivity index (χ1v) is 8.68. The second kappa shape index (κ2) is 8.29. The Morgan fingerprint density at radius 2 is 1.44 bits per heavy atom. The van der Waals surface area contributed by atoms with Crippen molar-refractivity contribution >= 4 is 5.91 Å². The fourth-order valence-corrected chi connectivity index (χ4v) is 3.03. The van der Waals surface area contributed by atoms with E-state index in [2.05, 4.69) is 48.6 Å². The lowest BCUT2D eigenvalue weighted by molar-refractivity contribution is -0.121. The minimum Gasteiger partial charge on any atom is -0.345 e. The Morgan fingerprint density at radius 1 is 0.840 bits per heavy atom. The Labute approximate surface area is 149 Å². The summed E-state index contributed by atoms with van der Waals surface area (Å²) >= 11 is 0. The molecular formula is C23H23NO. The molecule has 2 nitrogen and oxygen atoms in total. The summed E-state index contributed by atoms with van der Waals surface area (Å²) in [6.45, 7) is 2.08. The Kier molecular flexibility index (Phi) is 5.63. The molecule has 0 aliphatic rings. The van der Waals surface area contributed by atoms with Gasteiger partial charge in [0.1, 0.15) is 0 Å². The topological polar surface area (TPSA) is 29.1 Å². The first-order chi connectivity index (χ1) is 12.2. The van der Waals surface area contributed by atoms with E-state index in [1.165, 1.54) is 11.1 Å². The number of carbonyl (C=O) groups excluding carboxylic acids is 1. The second-order valence-electron chi connectivity index (χ2n) is 6.25. The van der Waals surface area contributed by atoms with Crippen LogP contribution in [0.4, 0.5) is 0 Å². The van der Waals surface area contributed by atoms with Crippen LogP contribution in [-0.4, -0.2) is 5.91 Å². The van der Waals surface area contributed by atoms with Crippen molar-refractivity contribution in [1.82, 2.24) is 5.32 Å². The van der Waals surface area contributed by atoms with Crippen LogP contribution in [0.15, 0.2) is 84.9 Å². The van der Waals surface area contributed by atoms with E-state index in [1.807, 2.05) is 48.5 Å². The molecule has 25 heavy (non-hydrogen) atoms. The number of benzene rings is 3. The maximum absolute atomic E-state index is 12.6. The highest BCUT2D eigenvalue weighted by atomic mass is 16.1. The molecule has 3 aromatic carbocycles. The van der Waals surface area contributed by atoms with Gasteiger partial charge >= 0.3 is 0 Å². The van der Waals surface area contributed by atoms with Crippen LogP contribution in [0.1, 0.15) is 34.7 Å². The summed E-state index contributed by atoms with van der Waals surface area (Å²) in [4.78, 5) is 12.6. The number of nitrogens with one attached hydrogen (secondary N) is 1. The van der Waals surface area contributed by atoms with Gasteiger partial charge in [0.15, 0.2) is 0 Å². The van der Waals surface area contributed by atoms with E-state index in [9.17, 15) is 4.79 Å². The fraction of sp³-hybridized carbons (Fsp3) is 0.174. The van der Waals surface area contributed by atoms with Crippen LogP contribution >= 0.6 is 0 Å². The summed E-state index contributed by atoms with van der Waals surface area (Å²) in [5.74, 6) is 0.0703. The summed E-state index contributed by atoms with van der Waals surface area (Å²) in [7, 11) is 0. The molecule has 1 N–H and O–H groups in total. The molecule has 0 saturated heterocycles. The molecule has 0 saturated carbocycles. The first-order valence-electron chi connectivity index (χ1n) is 8.68. The largest absolute Gasteiger partial charge is 0.345 e. The Balaban J connectivity index is 1.76. The van der Waals surface area contributed by atoms with Crippen LogP contribution in [0.2, 0.25) is 0 Å². The summed E-state index contributed by atoms with van der Waals surface area (Å²) in [5.41, 5.74) is 4.61. The molecule has 2 heteroatoms. The number of rotatable bonds is 6.